The van der Waals surface area contributed by atoms with Gasteiger partial charge in [0, 0.05) is 30.5 Å². The molecule has 0 aliphatic rings. The number of aryl methyl sites for hydroxylation is 1. The fourth-order valence-electron chi connectivity index (χ4n) is 2.51. The maximum atomic E-state index is 12.0. The van der Waals surface area contributed by atoms with Crippen molar-refractivity contribution in [3.63, 3.8) is 0 Å². The first-order valence-corrected chi connectivity index (χ1v) is 9.14. The first kappa shape index (κ1) is 19.7. The van der Waals surface area contributed by atoms with Crippen LogP contribution < -0.4 is 15.5 Å². The lowest BCUT2D eigenvalue weighted by atomic mass is 10.1. The van der Waals surface area contributed by atoms with Gasteiger partial charge in [-0.25, -0.2) is 0 Å². The summed E-state index contributed by atoms with van der Waals surface area (Å²) in [6.45, 7) is 8.21. The zero-order valence-electron chi connectivity index (χ0n) is 15.5. The topological polar surface area (TPSA) is 44.4 Å². The van der Waals surface area contributed by atoms with Gasteiger partial charge in [0.25, 0.3) is 0 Å². The van der Waals surface area contributed by atoms with E-state index in [4.69, 9.17) is 12.2 Å². The number of benzene rings is 2. The molecule has 0 heterocycles. The second-order valence-electron chi connectivity index (χ2n) is 5.91. The van der Waals surface area contributed by atoms with E-state index in [1.807, 2.05) is 55.5 Å². The lowest BCUT2D eigenvalue weighted by Gasteiger charge is -2.21. The Hall–Kier alpha value is -2.66. The van der Waals surface area contributed by atoms with Crippen molar-refractivity contribution in [2.45, 2.75) is 20.8 Å². The third-order valence-electron chi connectivity index (χ3n) is 4.00. The SMILES string of the molecule is CCN(CC)c1ccc(NC(=S)NC(=O)C=Cc2ccc(C)cc2)cc1. The van der Waals surface area contributed by atoms with Crippen molar-refractivity contribution in [1.29, 1.82) is 0 Å². The Balaban J connectivity index is 1.87. The van der Waals surface area contributed by atoms with Gasteiger partial charge in [0.2, 0.25) is 5.91 Å². The van der Waals surface area contributed by atoms with E-state index in [0.717, 1.165) is 30.0 Å². The summed E-state index contributed by atoms with van der Waals surface area (Å²) in [5, 5.41) is 5.96. The van der Waals surface area contributed by atoms with E-state index in [1.165, 1.54) is 11.6 Å². The average molecular weight is 368 g/mol. The van der Waals surface area contributed by atoms with E-state index in [9.17, 15) is 4.79 Å². The van der Waals surface area contributed by atoms with Crippen LogP contribution >= 0.6 is 12.2 Å². The summed E-state index contributed by atoms with van der Waals surface area (Å²) >= 11 is 5.20. The molecule has 0 fully saturated rings. The maximum absolute atomic E-state index is 12.0. The number of nitrogens with zero attached hydrogens (tertiary/aromatic N) is 1. The Morgan fingerprint density at radius 3 is 2.23 bits per heavy atom. The molecular formula is C21H25N3OS. The average Bonchev–Trinajstić information content (AvgIpc) is 2.63. The largest absolute Gasteiger partial charge is 0.372 e. The van der Waals surface area contributed by atoms with Crippen molar-refractivity contribution in [3.8, 4) is 0 Å². The van der Waals surface area contributed by atoms with Crippen molar-refractivity contribution in [3.05, 3.63) is 65.7 Å². The van der Waals surface area contributed by atoms with Gasteiger partial charge in [0.05, 0.1) is 0 Å². The fourth-order valence-corrected chi connectivity index (χ4v) is 2.73. The van der Waals surface area contributed by atoms with Crippen molar-refractivity contribution >= 4 is 40.7 Å². The van der Waals surface area contributed by atoms with Crippen LogP contribution in [0, 0.1) is 6.92 Å². The van der Waals surface area contributed by atoms with Gasteiger partial charge in [-0.3, -0.25) is 10.1 Å². The summed E-state index contributed by atoms with van der Waals surface area (Å²) < 4.78 is 0. The van der Waals surface area contributed by atoms with E-state index in [1.54, 1.807) is 6.08 Å². The van der Waals surface area contributed by atoms with Crippen molar-refractivity contribution in [2.24, 2.45) is 0 Å². The van der Waals surface area contributed by atoms with Crippen LogP contribution in [0.15, 0.2) is 54.6 Å². The molecule has 136 valence electrons. The van der Waals surface area contributed by atoms with E-state index in [2.05, 4.69) is 29.4 Å². The molecule has 0 aliphatic carbocycles. The van der Waals surface area contributed by atoms with Crippen LogP contribution in [0.2, 0.25) is 0 Å². The predicted molar refractivity (Wildman–Crippen MR) is 115 cm³/mol. The van der Waals surface area contributed by atoms with Crippen LogP contribution in [-0.4, -0.2) is 24.1 Å². The number of rotatable bonds is 6. The lowest BCUT2D eigenvalue weighted by molar-refractivity contribution is -0.115. The minimum absolute atomic E-state index is 0.261. The molecule has 5 heteroatoms. The summed E-state index contributed by atoms with van der Waals surface area (Å²) in [6.07, 6.45) is 3.23. The maximum Gasteiger partial charge on any atom is 0.250 e. The van der Waals surface area contributed by atoms with Crippen LogP contribution in [0.4, 0.5) is 11.4 Å². The van der Waals surface area contributed by atoms with Crippen LogP contribution in [0.3, 0.4) is 0 Å². The van der Waals surface area contributed by atoms with Gasteiger partial charge in [-0.2, -0.15) is 0 Å². The third-order valence-corrected chi connectivity index (χ3v) is 4.20. The summed E-state index contributed by atoms with van der Waals surface area (Å²) in [6, 6.07) is 15.9. The van der Waals surface area contributed by atoms with Crippen LogP contribution in [0.25, 0.3) is 6.08 Å². The summed E-state index contributed by atoms with van der Waals surface area (Å²) in [7, 11) is 0. The zero-order chi connectivity index (χ0) is 18.9. The highest BCUT2D eigenvalue weighted by Crippen LogP contribution is 2.17. The smallest absolute Gasteiger partial charge is 0.250 e. The molecule has 2 rings (SSSR count). The highest BCUT2D eigenvalue weighted by atomic mass is 32.1. The van der Waals surface area contributed by atoms with Gasteiger partial charge < -0.3 is 10.2 Å². The number of nitrogens with one attached hydrogen (secondary N) is 2. The minimum Gasteiger partial charge on any atom is -0.372 e. The Morgan fingerprint density at radius 1 is 1.04 bits per heavy atom. The van der Waals surface area contributed by atoms with Gasteiger partial charge in [0.15, 0.2) is 5.11 Å². The molecule has 0 aliphatic heterocycles. The summed E-state index contributed by atoms with van der Waals surface area (Å²) in [4.78, 5) is 14.2. The van der Waals surface area contributed by atoms with Gasteiger partial charge >= 0.3 is 0 Å². The van der Waals surface area contributed by atoms with Gasteiger partial charge in [-0.05, 0) is 68.9 Å². The van der Waals surface area contributed by atoms with Crippen molar-refractivity contribution in [1.82, 2.24) is 5.32 Å². The molecule has 0 spiro atoms. The Kier molecular flexibility index (Phi) is 7.36. The van der Waals surface area contributed by atoms with Gasteiger partial charge in [0.1, 0.15) is 0 Å². The first-order chi connectivity index (χ1) is 12.5. The molecule has 0 saturated heterocycles. The summed E-state index contributed by atoms with van der Waals surface area (Å²) in [5.41, 5.74) is 4.16. The number of amides is 1. The molecule has 0 radical (unpaired) electrons. The van der Waals surface area contributed by atoms with E-state index < -0.39 is 0 Å². The molecule has 26 heavy (non-hydrogen) atoms. The highest BCUT2D eigenvalue weighted by molar-refractivity contribution is 7.80. The third kappa shape index (κ3) is 6.01. The highest BCUT2D eigenvalue weighted by Gasteiger charge is 2.04. The van der Waals surface area contributed by atoms with Gasteiger partial charge in [-0.15, -0.1) is 0 Å². The Bertz CT molecular complexity index is 763. The molecule has 0 unspecified atom stereocenters. The molecule has 0 aromatic heterocycles. The number of hydrogen-bond acceptors (Lipinski definition) is 3. The molecule has 2 aromatic carbocycles. The zero-order valence-corrected chi connectivity index (χ0v) is 16.3. The normalized spacial score (nSPS) is 10.6. The molecule has 4 nitrogen and oxygen atoms in total. The monoisotopic (exact) mass is 367 g/mol. The number of hydrogen-bond donors (Lipinski definition) is 2. The van der Waals surface area contributed by atoms with Crippen LogP contribution in [-0.2, 0) is 4.79 Å². The standard InChI is InChI=1S/C21H25N3OS/c1-4-24(5-2)19-13-11-18(12-14-19)22-21(26)23-20(25)15-10-17-8-6-16(3)7-9-17/h6-15H,4-5H2,1-3H3,(H2,22,23,25,26). The van der Waals surface area contributed by atoms with Crippen LogP contribution in [0.5, 0.6) is 0 Å². The van der Waals surface area contributed by atoms with Crippen LogP contribution in [0.1, 0.15) is 25.0 Å². The number of anilines is 2. The van der Waals surface area contributed by atoms with Crippen molar-refractivity contribution < 1.29 is 4.79 Å². The Labute approximate surface area is 160 Å². The van der Waals surface area contributed by atoms with Crippen molar-refractivity contribution in [2.75, 3.05) is 23.3 Å². The Morgan fingerprint density at radius 2 is 1.65 bits per heavy atom. The second kappa shape index (κ2) is 9.73. The molecule has 2 N–H and O–H groups in total. The first-order valence-electron chi connectivity index (χ1n) is 8.73. The molecule has 0 saturated carbocycles. The second-order valence-corrected chi connectivity index (χ2v) is 6.31. The predicted octanol–water partition coefficient (Wildman–Crippen LogP) is 4.37. The number of carbonyl (C=O) groups excluding carboxylic acids is 1. The lowest BCUT2D eigenvalue weighted by Crippen LogP contribution is -2.32. The van der Waals surface area contributed by atoms with E-state index in [-0.39, 0.29) is 11.0 Å². The summed E-state index contributed by atoms with van der Waals surface area (Å²) in [5.74, 6) is -0.261. The minimum atomic E-state index is -0.261. The molecular weight excluding hydrogens is 342 g/mol. The molecule has 0 atom stereocenters. The number of carbonyl (C=O) groups is 1. The number of thiocarbonyl (C=S) groups is 1. The quantitative estimate of drug-likeness (QED) is 0.588. The van der Waals surface area contributed by atoms with E-state index in [0.29, 0.717) is 0 Å². The molecule has 2 aromatic rings. The van der Waals surface area contributed by atoms with Gasteiger partial charge in [-0.1, -0.05) is 29.8 Å². The fraction of sp³-hybridized carbons (Fsp3) is 0.238. The molecule has 0 bridgehead atoms. The molecule has 1 amide bonds. The van der Waals surface area contributed by atoms with E-state index >= 15 is 0 Å².